The number of rotatable bonds is 3. The molecule has 1 heterocycles. The molecule has 1 nitrogen and oxygen atoms in total. The minimum absolute atomic E-state index is 0.511. The highest BCUT2D eigenvalue weighted by Gasteiger charge is 2.12. The zero-order chi connectivity index (χ0) is 7.94. The van der Waals surface area contributed by atoms with Crippen molar-refractivity contribution in [2.24, 2.45) is 0 Å². The van der Waals surface area contributed by atoms with E-state index in [2.05, 4.69) is 5.92 Å². The summed E-state index contributed by atoms with van der Waals surface area (Å²) in [5, 5.41) is 0. The molecule has 0 aliphatic carbocycles. The summed E-state index contributed by atoms with van der Waals surface area (Å²) in [5.41, 5.74) is 0. The Hall–Kier alpha value is -0.480. The quantitative estimate of drug-likeness (QED) is 0.445. The summed E-state index contributed by atoms with van der Waals surface area (Å²) >= 11 is 0. The Kier molecular flexibility index (Phi) is 4.08. The van der Waals surface area contributed by atoms with Gasteiger partial charge < -0.3 is 4.74 Å². The zero-order valence-corrected chi connectivity index (χ0v) is 7.01. The second-order valence-electron chi connectivity index (χ2n) is 3.08. The Morgan fingerprint density at radius 1 is 1.45 bits per heavy atom. The average molecular weight is 152 g/mol. The van der Waals surface area contributed by atoms with Crippen LogP contribution >= 0.6 is 0 Å². The fourth-order valence-corrected chi connectivity index (χ4v) is 1.47. The van der Waals surface area contributed by atoms with E-state index < -0.39 is 0 Å². The molecule has 0 aromatic rings. The van der Waals surface area contributed by atoms with Crippen molar-refractivity contribution in [1.29, 1.82) is 0 Å². The lowest BCUT2D eigenvalue weighted by atomic mass is 10.0. The van der Waals surface area contributed by atoms with E-state index in [1.807, 2.05) is 0 Å². The van der Waals surface area contributed by atoms with Crippen molar-refractivity contribution in [3.63, 3.8) is 0 Å². The molecule has 1 aliphatic heterocycles. The van der Waals surface area contributed by atoms with Gasteiger partial charge in [0.05, 0.1) is 6.10 Å². The first-order valence-corrected chi connectivity index (χ1v) is 4.48. The predicted molar refractivity (Wildman–Crippen MR) is 46.3 cm³/mol. The van der Waals surface area contributed by atoms with Crippen molar-refractivity contribution in [3.8, 4) is 12.3 Å². The molecule has 1 rings (SSSR count). The van der Waals surface area contributed by atoms with Crippen molar-refractivity contribution in [3.05, 3.63) is 0 Å². The van der Waals surface area contributed by atoms with Gasteiger partial charge in [0.15, 0.2) is 0 Å². The summed E-state index contributed by atoms with van der Waals surface area (Å²) in [6.07, 6.45) is 12.7. The maximum Gasteiger partial charge on any atom is 0.0575 e. The molecule has 1 fully saturated rings. The Bertz CT molecular complexity index is 128. The standard InChI is InChI=1S/C10H16O/c1-2-3-4-7-10-8-5-6-9-11-10/h1,10H,3-9H2. The molecule has 1 atom stereocenters. The molecule has 1 saturated heterocycles. The molecule has 1 heteroatoms. The van der Waals surface area contributed by atoms with Crippen LogP contribution in [0.15, 0.2) is 0 Å². The SMILES string of the molecule is C#CCCCC1CCCCO1. The van der Waals surface area contributed by atoms with E-state index in [-0.39, 0.29) is 0 Å². The summed E-state index contributed by atoms with van der Waals surface area (Å²) in [6, 6.07) is 0. The summed E-state index contributed by atoms with van der Waals surface area (Å²) in [4.78, 5) is 0. The minimum atomic E-state index is 0.511. The third-order valence-corrected chi connectivity index (χ3v) is 2.12. The Morgan fingerprint density at radius 2 is 2.36 bits per heavy atom. The molecule has 11 heavy (non-hydrogen) atoms. The van der Waals surface area contributed by atoms with Crippen LogP contribution in [0.2, 0.25) is 0 Å². The van der Waals surface area contributed by atoms with E-state index in [1.54, 1.807) is 0 Å². The highest BCUT2D eigenvalue weighted by molar-refractivity contribution is 4.83. The molecule has 0 radical (unpaired) electrons. The van der Waals surface area contributed by atoms with Gasteiger partial charge in [0.1, 0.15) is 0 Å². The van der Waals surface area contributed by atoms with Gasteiger partial charge in [-0.1, -0.05) is 0 Å². The van der Waals surface area contributed by atoms with Gasteiger partial charge in [-0.15, -0.1) is 12.3 Å². The molecule has 0 bridgehead atoms. The first-order chi connectivity index (χ1) is 5.43. The van der Waals surface area contributed by atoms with Crippen LogP contribution in [-0.2, 0) is 4.74 Å². The molecule has 0 spiro atoms. The molecular formula is C10H16O. The van der Waals surface area contributed by atoms with E-state index >= 15 is 0 Å². The van der Waals surface area contributed by atoms with Gasteiger partial charge in [-0.3, -0.25) is 0 Å². The summed E-state index contributed by atoms with van der Waals surface area (Å²) in [5.74, 6) is 2.65. The molecule has 0 aromatic carbocycles. The fraction of sp³-hybridized carbons (Fsp3) is 0.800. The number of ether oxygens (including phenoxy) is 1. The summed E-state index contributed by atoms with van der Waals surface area (Å²) < 4.78 is 5.56. The van der Waals surface area contributed by atoms with Crippen molar-refractivity contribution in [1.82, 2.24) is 0 Å². The van der Waals surface area contributed by atoms with Crippen LogP contribution in [0.5, 0.6) is 0 Å². The molecule has 0 N–H and O–H groups in total. The predicted octanol–water partition coefficient (Wildman–Crippen LogP) is 2.36. The maximum atomic E-state index is 5.56. The highest BCUT2D eigenvalue weighted by Crippen LogP contribution is 2.17. The Morgan fingerprint density at radius 3 is 3.00 bits per heavy atom. The van der Waals surface area contributed by atoms with Crippen molar-refractivity contribution >= 4 is 0 Å². The number of hydrogen-bond donors (Lipinski definition) is 0. The largest absolute Gasteiger partial charge is 0.378 e. The van der Waals surface area contributed by atoms with Crippen molar-refractivity contribution in [2.45, 2.75) is 44.6 Å². The molecule has 1 aliphatic rings. The number of unbranched alkanes of at least 4 members (excludes halogenated alkanes) is 1. The lowest BCUT2D eigenvalue weighted by Gasteiger charge is -2.21. The molecule has 0 saturated carbocycles. The highest BCUT2D eigenvalue weighted by atomic mass is 16.5. The monoisotopic (exact) mass is 152 g/mol. The van der Waals surface area contributed by atoms with Crippen LogP contribution in [-0.4, -0.2) is 12.7 Å². The molecule has 0 amide bonds. The van der Waals surface area contributed by atoms with E-state index in [0.717, 1.165) is 25.9 Å². The van der Waals surface area contributed by atoms with E-state index in [0.29, 0.717) is 6.10 Å². The van der Waals surface area contributed by atoms with Gasteiger partial charge in [-0.2, -0.15) is 0 Å². The second kappa shape index (κ2) is 5.21. The minimum Gasteiger partial charge on any atom is -0.378 e. The van der Waals surface area contributed by atoms with Crippen LogP contribution < -0.4 is 0 Å². The molecule has 0 aromatic heterocycles. The number of hydrogen-bond acceptors (Lipinski definition) is 1. The lowest BCUT2D eigenvalue weighted by Crippen LogP contribution is -2.18. The average Bonchev–Trinajstić information content (AvgIpc) is 2.07. The third-order valence-electron chi connectivity index (χ3n) is 2.12. The van der Waals surface area contributed by atoms with Gasteiger partial charge in [0.25, 0.3) is 0 Å². The smallest absolute Gasteiger partial charge is 0.0575 e. The molecule has 62 valence electrons. The van der Waals surface area contributed by atoms with E-state index in [1.165, 1.54) is 19.3 Å². The van der Waals surface area contributed by atoms with Crippen LogP contribution in [0.25, 0.3) is 0 Å². The van der Waals surface area contributed by atoms with Gasteiger partial charge in [-0.05, 0) is 32.1 Å². The maximum absolute atomic E-state index is 5.56. The first-order valence-electron chi connectivity index (χ1n) is 4.48. The van der Waals surface area contributed by atoms with Crippen LogP contribution in [0.3, 0.4) is 0 Å². The zero-order valence-electron chi connectivity index (χ0n) is 7.01. The van der Waals surface area contributed by atoms with E-state index in [4.69, 9.17) is 11.2 Å². The topological polar surface area (TPSA) is 9.23 Å². The second-order valence-corrected chi connectivity index (χ2v) is 3.08. The molecule has 1 unspecified atom stereocenters. The third kappa shape index (κ3) is 3.43. The number of terminal acetylenes is 1. The van der Waals surface area contributed by atoms with Gasteiger partial charge in [-0.25, -0.2) is 0 Å². The van der Waals surface area contributed by atoms with Gasteiger partial charge in [0, 0.05) is 13.0 Å². The van der Waals surface area contributed by atoms with Crippen LogP contribution in [0.4, 0.5) is 0 Å². The van der Waals surface area contributed by atoms with E-state index in [9.17, 15) is 0 Å². The molecular weight excluding hydrogens is 136 g/mol. The summed E-state index contributed by atoms with van der Waals surface area (Å²) in [6.45, 7) is 0.959. The van der Waals surface area contributed by atoms with Crippen LogP contribution in [0.1, 0.15) is 38.5 Å². The van der Waals surface area contributed by atoms with Gasteiger partial charge >= 0.3 is 0 Å². The van der Waals surface area contributed by atoms with Crippen LogP contribution in [0, 0.1) is 12.3 Å². The Labute approximate surface area is 69.1 Å². The lowest BCUT2D eigenvalue weighted by molar-refractivity contribution is 0.0104. The van der Waals surface area contributed by atoms with Gasteiger partial charge in [0.2, 0.25) is 0 Å². The Balaban J connectivity index is 2.01. The van der Waals surface area contributed by atoms with Crippen molar-refractivity contribution < 1.29 is 4.74 Å². The fourth-order valence-electron chi connectivity index (χ4n) is 1.47. The summed E-state index contributed by atoms with van der Waals surface area (Å²) in [7, 11) is 0. The van der Waals surface area contributed by atoms with Crippen molar-refractivity contribution in [2.75, 3.05) is 6.61 Å². The first kappa shape index (κ1) is 8.62. The normalized spacial score (nSPS) is 24.5.